The normalized spacial score (nSPS) is 25.6. The van der Waals surface area contributed by atoms with Gasteiger partial charge in [0.1, 0.15) is 13.2 Å². The lowest BCUT2D eigenvalue weighted by molar-refractivity contribution is 0.171. The van der Waals surface area contributed by atoms with Crippen LogP contribution in [0.2, 0.25) is 0 Å². The Bertz CT molecular complexity index is 416. The van der Waals surface area contributed by atoms with Gasteiger partial charge in [-0.15, -0.1) is 0 Å². The third-order valence-electron chi connectivity index (χ3n) is 3.64. The van der Waals surface area contributed by atoms with Crippen molar-refractivity contribution in [1.82, 2.24) is 5.32 Å². The molecule has 3 rings (SSSR count). The van der Waals surface area contributed by atoms with Crippen LogP contribution in [0.5, 0.6) is 11.5 Å². The van der Waals surface area contributed by atoms with Crippen molar-refractivity contribution in [3.8, 4) is 11.5 Å². The number of hydrogen-bond donors (Lipinski definition) is 2. The molecule has 0 aromatic heterocycles. The number of benzene rings is 1. The lowest BCUT2D eigenvalue weighted by Gasteiger charge is -2.32. The molecule has 1 aromatic carbocycles. The van der Waals surface area contributed by atoms with Gasteiger partial charge < -0.3 is 20.5 Å². The first-order valence-electron chi connectivity index (χ1n) is 6.66. The van der Waals surface area contributed by atoms with Gasteiger partial charge in [0.15, 0.2) is 11.5 Å². The Balaban J connectivity index is 1.50. The fraction of sp³-hybridized carbons (Fsp3) is 0.571. The van der Waals surface area contributed by atoms with E-state index in [-0.39, 0.29) is 0 Å². The Morgan fingerprint density at radius 3 is 2.72 bits per heavy atom. The highest BCUT2D eigenvalue weighted by Gasteiger charge is 2.24. The number of nitrogens with one attached hydrogen (secondary N) is 1. The molecule has 1 fully saturated rings. The molecule has 4 nitrogen and oxygen atoms in total. The van der Waals surface area contributed by atoms with Gasteiger partial charge in [0.05, 0.1) is 0 Å². The first-order chi connectivity index (χ1) is 8.81. The van der Waals surface area contributed by atoms with Gasteiger partial charge in [0.25, 0.3) is 0 Å². The predicted octanol–water partition coefficient (Wildman–Crippen LogP) is 1.28. The highest BCUT2D eigenvalue weighted by molar-refractivity contribution is 5.43. The van der Waals surface area contributed by atoms with Crippen molar-refractivity contribution in [2.24, 2.45) is 11.7 Å². The number of nitrogens with two attached hydrogens (primary N) is 1. The maximum absolute atomic E-state index is 5.77. The van der Waals surface area contributed by atoms with Gasteiger partial charge in [-0.05, 0) is 43.0 Å². The van der Waals surface area contributed by atoms with Gasteiger partial charge in [0.2, 0.25) is 0 Å². The molecule has 1 aliphatic carbocycles. The molecule has 1 aromatic rings. The SMILES string of the molecule is NC1CC(CNCc2ccc3c(c2)OCCO3)C1. The fourth-order valence-electron chi connectivity index (χ4n) is 2.57. The van der Waals surface area contributed by atoms with Gasteiger partial charge in [0, 0.05) is 12.6 Å². The molecule has 4 heteroatoms. The van der Waals surface area contributed by atoms with Gasteiger partial charge in [-0.1, -0.05) is 6.07 Å². The monoisotopic (exact) mass is 248 g/mol. The van der Waals surface area contributed by atoms with Crippen LogP contribution in [0.15, 0.2) is 18.2 Å². The van der Waals surface area contributed by atoms with Crippen molar-refractivity contribution in [3.63, 3.8) is 0 Å². The van der Waals surface area contributed by atoms with Crippen LogP contribution >= 0.6 is 0 Å². The van der Waals surface area contributed by atoms with Gasteiger partial charge in [-0.25, -0.2) is 0 Å². The second kappa shape index (κ2) is 5.16. The summed E-state index contributed by atoms with van der Waals surface area (Å²) in [6, 6.07) is 6.58. The maximum atomic E-state index is 5.77. The highest BCUT2D eigenvalue weighted by atomic mass is 16.6. The molecule has 0 spiro atoms. The molecule has 3 N–H and O–H groups in total. The van der Waals surface area contributed by atoms with Gasteiger partial charge in [-0.2, -0.15) is 0 Å². The highest BCUT2D eigenvalue weighted by Crippen LogP contribution is 2.30. The summed E-state index contributed by atoms with van der Waals surface area (Å²) in [5, 5.41) is 3.48. The van der Waals surface area contributed by atoms with Crippen LogP contribution in [0.3, 0.4) is 0 Å². The van der Waals surface area contributed by atoms with E-state index in [0.717, 1.165) is 43.3 Å². The van der Waals surface area contributed by atoms with Crippen molar-refractivity contribution in [2.45, 2.75) is 25.4 Å². The molecular weight excluding hydrogens is 228 g/mol. The zero-order chi connectivity index (χ0) is 12.4. The van der Waals surface area contributed by atoms with Crippen molar-refractivity contribution >= 4 is 0 Å². The van der Waals surface area contributed by atoms with E-state index in [1.807, 2.05) is 6.07 Å². The standard InChI is InChI=1S/C14H20N2O2/c15-12-5-11(6-12)9-16-8-10-1-2-13-14(7-10)18-4-3-17-13/h1-2,7,11-12,16H,3-6,8-9,15H2. The number of fused-ring (bicyclic) bond motifs is 1. The van der Waals surface area contributed by atoms with Gasteiger partial charge in [-0.3, -0.25) is 0 Å². The summed E-state index contributed by atoms with van der Waals surface area (Å²) in [5.74, 6) is 2.48. The van der Waals surface area contributed by atoms with Crippen LogP contribution < -0.4 is 20.5 Å². The summed E-state index contributed by atoms with van der Waals surface area (Å²) in [5.41, 5.74) is 7.01. The zero-order valence-electron chi connectivity index (χ0n) is 10.5. The largest absolute Gasteiger partial charge is 0.486 e. The second-order valence-electron chi connectivity index (χ2n) is 5.21. The van der Waals surface area contributed by atoms with Crippen molar-refractivity contribution in [3.05, 3.63) is 23.8 Å². The van der Waals surface area contributed by atoms with E-state index < -0.39 is 0 Å². The van der Waals surface area contributed by atoms with Crippen molar-refractivity contribution < 1.29 is 9.47 Å². The summed E-state index contributed by atoms with van der Waals surface area (Å²) in [6.07, 6.45) is 2.32. The van der Waals surface area contributed by atoms with E-state index in [4.69, 9.17) is 15.2 Å². The zero-order valence-corrected chi connectivity index (χ0v) is 10.5. The molecule has 18 heavy (non-hydrogen) atoms. The Labute approximate surface area is 107 Å². The Morgan fingerprint density at radius 1 is 1.17 bits per heavy atom. The van der Waals surface area contributed by atoms with E-state index in [0.29, 0.717) is 19.3 Å². The Morgan fingerprint density at radius 2 is 1.94 bits per heavy atom. The summed E-state index contributed by atoms with van der Waals surface area (Å²) in [6.45, 7) is 3.22. The molecule has 0 atom stereocenters. The summed E-state index contributed by atoms with van der Waals surface area (Å²) in [4.78, 5) is 0. The summed E-state index contributed by atoms with van der Waals surface area (Å²) < 4.78 is 11.1. The smallest absolute Gasteiger partial charge is 0.161 e. The van der Waals surface area contributed by atoms with Crippen LogP contribution in [0.4, 0.5) is 0 Å². The number of rotatable bonds is 4. The molecule has 1 aliphatic heterocycles. The van der Waals surface area contributed by atoms with Crippen molar-refractivity contribution in [1.29, 1.82) is 0 Å². The van der Waals surface area contributed by atoms with E-state index >= 15 is 0 Å². The minimum absolute atomic E-state index is 0.436. The Hall–Kier alpha value is -1.26. The average Bonchev–Trinajstić information content (AvgIpc) is 2.36. The van der Waals surface area contributed by atoms with Crippen LogP contribution in [0.1, 0.15) is 18.4 Å². The number of ether oxygens (including phenoxy) is 2. The molecule has 0 saturated heterocycles. The van der Waals surface area contributed by atoms with Gasteiger partial charge >= 0.3 is 0 Å². The first-order valence-corrected chi connectivity index (χ1v) is 6.66. The third-order valence-corrected chi connectivity index (χ3v) is 3.64. The molecule has 2 aliphatic rings. The van der Waals surface area contributed by atoms with Crippen LogP contribution in [-0.2, 0) is 6.54 Å². The van der Waals surface area contributed by atoms with E-state index in [2.05, 4.69) is 17.4 Å². The molecule has 98 valence electrons. The fourth-order valence-corrected chi connectivity index (χ4v) is 2.57. The quantitative estimate of drug-likeness (QED) is 0.843. The maximum Gasteiger partial charge on any atom is 0.161 e. The van der Waals surface area contributed by atoms with Crippen LogP contribution in [0.25, 0.3) is 0 Å². The number of hydrogen-bond acceptors (Lipinski definition) is 4. The molecule has 0 amide bonds. The Kier molecular flexibility index (Phi) is 3.39. The second-order valence-corrected chi connectivity index (χ2v) is 5.21. The van der Waals surface area contributed by atoms with Crippen molar-refractivity contribution in [2.75, 3.05) is 19.8 Å². The molecule has 0 unspecified atom stereocenters. The average molecular weight is 248 g/mol. The molecule has 0 radical (unpaired) electrons. The van der Waals surface area contributed by atoms with E-state index in [1.165, 1.54) is 5.56 Å². The summed E-state index contributed by atoms with van der Waals surface area (Å²) in [7, 11) is 0. The molecule has 1 heterocycles. The minimum Gasteiger partial charge on any atom is -0.486 e. The van der Waals surface area contributed by atoms with E-state index in [9.17, 15) is 0 Å². The van der Waals surface area contributed by atoms with E-state index in [1.54, 1.807) is 0 Å². The molecule has 0 bridgehead atoms. The topological polar surface area (TPSA) is 56.5 Å². The predicted molar refractivity (Wildman–Crippen MR) is 69.8 cm³/mol. The molecule has 1 saturated carbocycles. The van der Waals surface area contributed by atoms with Crippen LogP contribution in [-0.4, -0.2) is 25.8 Å². The first kappa shape index (κ1) is 11.8. The van der Waals surface area contributed by atoms with Crippen LogP contribution in [0, 0.1) is 5.92 Å². The lowest BCUT2D eigenvalue weighted by atomic mass is 9.81. The summed E-state index contributed by atoms with van der Waals surface area (Å²) >= 11 is 0. The third kappa shape index (κ3) is 2.60. The molecular formula is C14H20N2O2. The lowest BCUT2D eigenvalue weighted by Crippen LogP contribution is -2.41. The minimum atomic E-state index is 0.436.